The highest BCUT2D eigenvalue weighted by atomic mass is 35.5. The van der Waals surface area contributed by atoms with Crippen molar-refractivity contribution in [1.82, 2.24) is 4.90 Å². The number of anilines is 1. The van der Waals surface area contributed by atoms with Crippen LogP contribution in [0.25, 0.3) is 0 Å². The molecule has 0 aliphatic carbocycles. The quantitative estimate of drug-likeness (QED) is 0.879. The average Bonchev–Trinajstić information content (AvgIpc) is 2.59. The van der Waals surface area contributed by atoms with Crippen LogP contribution >= 0.6 is 11.6 Å². The van der Waals surface area contributed by atoms with Gasteiger partial charge in [0.25, 0.3) is 5.91 Å². The molecular weight excluding hydrogens is 361 g/mol. The van der Waals surface area contributed by atoms with E-state index in [0.29, 0.717) is 10.7 Å². The fourth-order valence-corrected chi connectivity index (χ4v) is 2.85. The molecule has 1 N–H and O–H groups in total. The average molecular weight is 379 g/mol. The van der Waals surface area contributed by atoms with Crippen molar-refractivity contribution in [3.05, 3.63) is 29.3 Å². The number of amides is 2. The number of carbonyl (C=O) groups excluding carboxylic acids is 2. The summed E-state index contributed by atoms with van der Waals surface area (Å²) in [6.45, 7) is -0.00627. The smallest absolute Gasteiger partial charge is 0.376 e. The Morgan fingerprint density at radius 1 is 1.24 bits per heavy atom. The molecule has 1 heterocycles. The van der Waals surface area contributed by atoms with Crippen LogP contribution in [0.5, 0.6) is 0 Å². The SMILES string of the molecule is CN(C(=O)C1CCN(C(=O)[C@@H](O)C(F)(F)F)CC1)c1ccc(Cl)cc1. The maximum absolute atomic E-state index is 12.5. The predicted octanol–water partition coefficient (Wildman–Crippen LogP) is 2.46. The number of alkyl halides is 3. The largest absolute Gasteiger partial charge is 0.423 e. The summed E-state index contributed by atoms with van der Waals surface area (Å²) < 4.78 is 37.2. The maximum Gasteiger partial charge on any atom is 0.423 e. The highest BCUT2D eigenvalue weighted by Gasteiger charge is 2.46. The molecule has 0 aromatic heterocycles. The van der Waals surface area contributed by atoms with E-state index in [-0.39, 0.29) is 31.8 Å². The molecule has 0 spiro atoms. The van der Waals surface area contributed by atoms with E-state index >= 15 is 0 Å². The lowest BCUT2D eigenvalue weighted by Crippen LogP contribution is -2.50. The summed E-state index contributed by atoms with van der Waals surface area (Å²) in [5.41, 5.74) is 0.653. The van der Waals surface area contributed by atoms with E-state index < -0.39 is 24.1 Å². The summed E-state index contributed by atoms with van der Waals surface area (Å²) >= 11 is 5.81. The molecule has 1 saturated heterocycles. The summed E-state index contributed by atoms with van der Waals surface area (Å²) in [4.78, 5) is 26.6. The van der Waals surface area contributed by atoms with Crippen molar-refractivity contribution < 1.29 is 27.9 Å². The zero-order chi connectivity index (χ0) is 18.8. The molecule has 5 nitrogen and oxygen atoms in total. The Balaban J connectivity index is 1.94. The lowest BCUT2D eigenvalue weighted by molar-refractivity contribution is -0.211. The zero-order valence-electron chi connectivity index (χ0n) is 13.5. The first-order valence-corrected chi connectivity index (χ1v) is 8.05. The third kappa shape index (κ3) is 4.64. The number of carbonyl (C=O) groups is 2. The summed E-state index contributed by atoms with van der Waals surface area (Å²) in [6.07, 6.45) is -7.52. The van der Waals surface area contributed by atoms with E-state index in [9.17, 15) is 22.8 Å². The molecule has 25 heavy (non-hydrogen) atoms. The number of halogens is 4. The van der Waals surface area contributed by atoms with E-state index in [1.165, 1.54) is 4.90 Å². The van der Waals surface area contributed by atoms with Gasteiger partial charge in [0.1, 0.15) is 0 Å². The molecule has 138 valence electrons. The van der Waals surface area contributed by atoms with Gasteiger partial charge in [-0.15, -0.1) is 0 Å². The molecule has 1 fully saturated rings. The second kappa shape index (κ2) is 7.61. The van der Waals surface area contributed by atoms with Gasteiger partial charge in [-0.05, 0) is 37.1 Å². The van der Waals surface area contributed by atoms with Crippen molar-refractivity contribution in [2.75, 3.05) is 25.0 Å². The van der Waals surface area contributed by atoms with Crippen LogP contribution in [-0.2, 0) is 9.59 Å². The Bertz CT molecular complexity index is 629. The molecule has 9 heteroatoms. The Morgan fingerprint density at radius 2 is 1.76 bits per heavy atom. The fraction of sp³-hybridized carbons (Fsp3) is 0.500. The van der Waals surface area contributed by atoms with Gasteiger partial charge in [0.05, 0.1) is 0 Å². The Labute approximate surface area is 148 Å². The molecule has 0 radical (unpaired) electrons. The van der Waals surface area contributed by atoms with Crippen molar-refractivity contribution in [2.45, 2.75) is 25.1 Å². The number of piperidine rings is 1. The third-order valence-corrected chi connectivity index (χ3v) is 4.50. The molecule has 1 atom stereocenters. The van der Waals surface area contributed by atoms with Crippen LogP contribution in [0.1, 0.15) is 12.8 Å². The van der Waals surface area contributed by atoms with Gasteiger partial charge >= 0.3 is 6.18 Å². The van der Waals surface area contributed by atoms with E-state index in [1.54, 1.807) is 31.3 Å². The van der Waals surface area contributed by atoms with Crippen LogP contribution in [-0.4, -0.2) is 54.2 Å². The molecule has 1 aromatic rings. The van der Waals surface area contributed by atoms with Gasteiger partial charge in [-0.25, -0.2) is 0 Å². The molecule has 2 amide bonds. The van der Waals surface area contributed by atoms with Crippen molar-refractivity contribution >= 4 is 29.1 Å². The number of benzene rings is 1. The van der Waals surface area contributed by atoms with Crippen molar-refractivity contribution in [3.8, 4) is 0 Å². The van der Waals surface area contributed by atoms with Crippen LogP contribution in [0, 0.1) is 5.92 Å². The molecule has 1 aromatic carbocycles. The van der Waals surface area contributed by atoms with Crippen LogP contribution in [0.2, 0.25) is 5.02 Å². The van der Waals surface area contributed by atoms with Gasteiger partial charge in [-0.1, -0.05) is 11.6 Å². The standard InChI is InChI=1S/C16H18ClF3N2O3/c1-21(12-4-2-11(17)3-5-12)14(24)10-6-8-22(9-7-10)15(25)13(23)16(18,19)20/h2-5,10,13,23H,6-9H2,1H3/t13-/m1/s1. The summed E-state index contributed by atoms with van der Waals surface area (Å²) in [7, 11) is 1.61. The highest BCUT2D eigenvalue weighted by molar-refractivity contribution is 6.30. The van der Waals surface area contributed by atoms with Gasteiger partial charge in [0.2, 0.25) is 12.0 Å². The molecule has 1 aliphatic rings. The minimum atomic E-state index is -4.99. The molecule has 0 saturated carbocycles. The number of likely N-dealkylation sites (tertiary alicyclic amines) is 1. The van der Waals surface area contributed by atoms with Crippen molar-refractivity contribution in [3.63, 3.8) is 0 Å². The van der Waals surface area contributed by atoms with Gasteiger partial charge < -0.3 is 14.9 Å². The highest BCUT2D eigenvalue weighted by Crippen LogP contribution is 2.26. The summed E-state index contributed by atoms with van der Waals surface area (Å²) in [6, 6.07) is 6.69. The van der Waals surface area contributed by atoms with Crippen molar-refractivity contribution in [1.29, 1.82) is 0 Å². The minimum Gasteiger partial charge on any atom is -0.376 e. The maximum atomic E-state index is 12.5. The number of nitrogens with zero attached hydrogens (tertiary/aromatic N) is 2. The van der Waals surface area contributed by atoms with Gasteiger partial charge in [-0.3, -0.25) is 9.59 Å². The lowest BCUT2D eigenvalue weighted by atomic mass is 9.95. The number of aliphatic hydroxyl groups is 1. The Kier molecular flexibility index (Phi) is 5.95. The molecule has 1 aliphatic heterocycles. The van der Waals surface area contributed by atoms with Crippen LogP contribution < -0.4 is 4.90 Å². The van der Waals surface area contributed by atoms with Crippen molar-refractivity contribution in [2.24, 2.45) is 5.92 Å². The molecule has 0 bridgehead atoms. The van der Waals surface area contributed by atoms with Crippen LogP contribution in [0.3, 0.4) is 0 Å². The summed E-state index contributed by atoms with van der Waals surface area (Å²) in [5, 5.41) is 9.58. The lowest BCUT2D eigenvalue weighted by Gasteiger charge is -2.34. The minimum absolute atomic E-state index is 0.00314. The Morgan fingerprint density at radius 3 is 2.24 bits per heavy atom. The van der Waals surface area contributed by atoms with E-state index in [0.717, 1.165) is 4.90 Å². The Hall–Kier alpha value is -1.80. The molecule has 2 rings (SSSR count). The van der Waals surface area contributed by atoms with Gasteiger partial charge in [-0.2, -0.15) is 13.2 Å². The first-order chi connectivity index (χ1) is 11.6. The van der Waals surface area contributed by atoms with Gasteiger partial charge in [0, 0.05) is 36.8 Å². The first-order valence-electron chi connectivity index (χ1n) is 7.68. The van der Waals surface area contributed by atoms with E-state index in [4.69, 9.17) is 16.7 Å². The topological polar surface area (TPSA) is 60.9 Å². The third-order valence-electron chi connectivity index (χ3n) is 4.24. The number of hydrogen-bond donors (Lipinski definition) is 1. The van der Waals surface area contributed by atoms with Crippen LogP contribution in [0.4, 0.5) is 18.9 Å². The number of hydrogen-bond acceptors (Lipinski definition) is 3. The molecule has 0 unspecified atom stereocenters. The second-order valence-corrected chi connectivity index (χ2v) is 6.35. The number of aliphatic hydroxyl groups excluding tert-OH is 1. The predicted molar refractivity (Wildman–Crippen MR) is 86.2 cm³/mol. The van der Waals surface area contributed by atoms with Crippen LogP contribution in [0.15, 0.2) is 24.3 Å². The zero-order valence-corrected chi connectivity index (χ0v) is 14.2. The normalized spacial score (nSPS) is 17.3. The number of rotatable bonds is 3. The van der Waals surface area contributed by atoms with E-state index in [2.05, 4.69) is 0 Å². The van der Waals surface area contributed by atoms with E-state index in [1.807, 2.05) is 0 Å². The fourth-order valence-electron chi connectivity index (χ4n) is 2.73. The van der Waals surface area contributed by atoms with Gasteiger partial charge in [0.15, 0.2) is 0 Å². The first kappa shape index (κ1) is 19.5. The summed E-state index contributed by atoms with van der Waals surface area (Å²) in [5.74, 6) is -1.94. The molecular formula is C16H18ClF3N2O3. The monoisotopic (exact) mass is 378 g/mol. The second-order valence-electron chi connectivity index (χ2n) is 5.92.